The molecule has 1 N–H and O–H groups in total. The van der Waals surface area contributed by atoms with Crippen LogP contribution in [-0.4, -0.2) is 38.1 Å². The number of rotatable bonds is 4. The van der Waals surface area contributed by atoms with E-state index in [2.05, 4.69) is 5.32 Å². The van der Waals surface area contributed by atoms with Gasteiger partial charge in [-0.1, -0.05) is 12.1 Å². The highest BCUT2D eigenvalue weighted by Crippen LogP contribution is 2.14. The van der Waals surface area contributed by atoms with Gasteiger partial charge in [-0.2, -0.15) is 0 Å². The third kappa shape index (κ3) is 4.26. The lowest BCUT2D eigenvalue weighted by Crippen LogP contribution is -2.44. The summed E-state index contributed by atoms with van der Waals surface area (Å²) in [6, 6.07) is 6.80. The zero-order chi connectivity index (χ0) is 13.9. The fourth-order valence-corrected chi connectivity index (χ4v) is 3.17. The molecule has 0 bridgehead atoms. The van der Waals surface area contributed by atoms with E-state index >= 15 is 0 Å². The maximum absolute atomic E-state index is 13.0. The third-order valence-electron chi connectivity index (χ3n) is 3.41. The van der Waals surface area contributed by atoms with Crippen molar-refractivity contribution in [1.82, 2.24) is 9.62 Å². The number of hydrogen-bond acceptors (Lipinski definition) is 3. The molecule has 0 spiro atoms. The van der Waals surface area contributed by atoms with E-state index in [4.69, 9.17) is 0 Å². The van der Waals surface area contributed by atoms with Crippen molar-refractivity contribution >= 4 is 10.0 Å². The molecule has 0 aromatic heterocycles. The SMILES string of the molecule is CS(=O)(=O)N1CCC(NCc2cccc(F)c2)CC1. The van der Waals surface area contributed by atoms with Crippen LogP contribution in [0.5, 0.6) is 0 Å². The number of benzene rings is 1. The summed E-state index contributed by atoms with van der Waals surface area (Å²) in [6.45, 7) is 1.72. The molecule has 0 saturated carbocycles. The maximum atomic E-state index is 13.0. The second-order valence-electron chi connectivity index (χ2n) is 4.95. The quantitative estimate of drug-likeness (QED) is 0.908. The van der Waals surface area contributed by atoms with Gasteiger partial charge in [0.05, 0.1) is 6.26 Å². The summed E-state index contributed by atoms with van der Waals surface area (Å²) >= 11 is 0. The summed E-state index contributed by atoms with van der Waals surface area (Å²) in [5, 5.41) is 3.35. The Labute approximate surface area is 113 Å². The van der Waals surface area contributed by atoms with Gasteiger partial charge in [-0.15, -0.1) is 0 Å². The highest BCUT2D eigenvalue weighted by atomic mass is 32.2. The Hall–Kier alpha value is -0.980. The predicted molar refractivity (Wildman–Crippen MR) is 72.7 cm³/mol. The molecule has 1 saturated heterocycles. The lowest BCUT2D eigenvalue weighted by molar-refractivity contribution is 0.290. The summed E-state index contributed by atoms with van der Waals surface area (Å²) in [7, 11) is -3.07. The van der Waals surface area contributed by atoms with E-state index in [1.165, 1.54) is 22.7 Å². The molecule has 1 aliphatic rings. The van der Waals surface area contributed by atoms with Crippen molar-refractivity contribution in [2.75, 3.05) is 19.3 Å². The second-order valence-corrected chi connectivity index (χ2v) is 6.93. The van der Waals surface area contributed by atoms with E-state index < -0.39 is 10.0 Å². The van der Waals surface area contributed by atoms with E-state index in [1.807, 2.05) is 6.07 Å². The van der Waals surface area contributed by atoms with Gasteiger partial charge in [0.2, 0.25) is 10.0 Å². The van der Waals surface area contributed by atoms with Crippen LogP contribution in [0, 0.1) is 5.82 Å². The number of sulfonamides is 1. The molecule has 0 aliphatic carbocycles. The molecule has 19 heavy (non-hydrogen) atoms. The summed E-state index contributed by atoms with van der Waals surface area (Å²) in [5.74, 6) is -0.230. The van der Waals surface area contributed by atoms with Gasteiger partial charge in [0, 0.05) is 25.7 Å². The monoisotopic (exact) mass is 286 g/mol. The molecule has 1 heterocycles. The lowest BCUT2D eigenvalue weighted by atomic mass is 10.1. The number of nitrogens with one attached hydrogen (secondary N) is 1. The van der Waals surface area contributed by atoms with Crippen LogP contribution < -0.4 is 5.32 Å². The summed E-state index contributed by atoms with van der Waals surface area (Å²) in [5.41, 5.74) is 0.908. The van der Waals surface area contributed by atoms with Crippen LogP contribution in [-0.2, 0) is 16.6 Å². The minimum absolute atomic E-state index is 0.230. The minimum atomic E-state index is -3.07. The van der Waals surface area contributed by atoms with Crippen LogP contribution in [0.1, 0.15) is 18.4 Å². The molecule has 0 amide bonds. The molecular weight excluding hydrogens is 267 g/mol. The Kier molecular flexibility index (Phi) is 4.54. The summed E-state index contributed by atoms with van der Waals surface area (Å²) in [4.78, 5) is 0. The first kappa shape index (κ1) is 14.4. The molecular formula is C13H19FN2O2S. The molecule has 1 aromatic rings. The van der Waals surface area contributed by atoms with Crippen LogP contribution >= 0.6 is 0 Å². The van der Waals surface area contributed by atoms with Gasteiger partial charge in [0.1, 0.15) is 5.82 Å². The van der Waals surface area contributed by atoms with E-state index in [0.29, 0.717) is 25.7 Å². The number of halogens is 1. The van der Waals surface area contributed by atoms with E-state index in [9.17, 15) is 12.8 Å². The van der Waals surface area contributed by atoms with Gasteiger partial charge in [-0.25, -0.2) is 17.1 Å². The first-order valence-corrected chi connectivity index (χ1v) is 8.23. The zero-order valence-electron chi connectivity index (χ0n) is 11.0. The fourth-order valence-electron chi connectivity index (χ4n) is 2.30. The molecule has 0 unspecified atom stereocenters. The van der Waals surface area contributed by atoms with Crippen molar-refractivity contribution in [3.63, 3.8) is 0 Å². The van der Waals surface area contributed by atoms with Crippen molar-refractivity contribution in [2.24, 2.45) is 0 Å². The Balaban J connectivity index is 1.80. The highest BCUT2D eigenvalue weighted by molar-refractivity contribution is 7.88. The highest BCUT2D eigenvalue weighted by Gasteiger charge is 2.24. The van der Waals surface area contributed by atoms with Crippen molar-refractivity contribution in [2.45, 2.75) is 25.4 Å². The fraction of sp³-hybridized carbons (Fsp3) is 0.538. The van der Waals surface area contributed by atoms with E-state index in [-0.39, 0.29) is 5.82 Å². The topological polar surface area (TPSA) is 49.4 Å². The van der Waals surface area contributed by atoms with Crippen molar-refractivity contribution in [1.29, 1.82) is 0 Å². The number of piperidine rings is 1. The van der Waals surface area contributed by atoms with Crippen LogP contribution in [0.2, 0.25) is 0 Å². The van der Waals surface area contributed by atoms with Crippen molar-refractivity contribution in [3.8, 4) is 0 Å². The van der Waals surface area contributed by atoms with E-state index in [0.717, 1.165) is 18.4 Å². The second kappa shape index (κ2) is 5.98. The average Bonchev–Trinajstić information content (AvgIpc) is 2.36. The first-order valence-electron chi connectivity index (χ1n) is 6.38. The smallest absolute Gasteiger partial charge is 0.211 e. The van der Waals surface area contributed by atoms with Gasteiger partial charge in [-0.05, 0) is 30.5 Å². The first-order chi connectivity index (χ1) is 8.95. The molecule has 2 rings (SSSR count). The summed E-state index contributed by atoms with van der Waals surface area (Å²) in [6.07, 6.45) is 2.83. The Morgan fingerprint density at radius 3 is 2.63 bits per heavy atom. The Morgan fingerprint density at radius 1 is 1.37 bits per heavy atom. The van der Waals surface area contributed by atoms with Gasteiger partial charge >= 0.3 is 0 Å². The molecule has 4 nitrogen and oxygen atoms in total. The van der Waals surface area contributed by atoms with Crippen LogP contribution in [0.25, 0.3) is 0 Å². The van der Waals surface area contributed by atoms with Crippen molar-refractivity contribution < 1.29 is 12.8 Å². The van der Waals surface area contributed by atoms with Gasteiger partial charge in [0.25, 0.3) is 0 Å². The Morgan fingerprint density at radius 2 is 2.05 bits per heavy atom. The number of nitrogens with zero attached hydrogens (tertiary/aromatic N) is 1. The van der Waals surface area contributed by atoms with Crippen molar-refractivity contribution in [3.05, 3.63) is 35.6 Å². The molecule has 6 heteroatoms. The summed E-state index contributed by atoms with van der Waals surface area (Å²) < 4.78 is 37.3. The molecule has 1 fully saturated rings. The average molecular weight is 286 g/mol. The largest absolute Gasteiger partial charge is 0.310 e. The molecule has 0 radical (unpaired) electrons. The maximum Gasteiger partial charge on any atom is 0.211 e. The van der Waals surface area contributed by atoms with Crippen LogP contribution in [0.3, 0.4) is 0 Å². The standard InChI is InChI=1S/C13H19FN2O2S/c1-19(17,18)16-7-5-13(6-8-16)15-10-11-3-2-4-12(14)9-11/h2-4,9,13,15H,5-8,10H2,1H3. The van der Waals surface area contributed by atoms with Gasteiger partial charge in [-0.3, -0.25) is 0 Å². The Bertz CT molecular complexity index is 525. The van der Waals surface area contributed by atoms with Crippen LogP contribution in [0.4, 0.5) is 4.39 Å². The van der Waals surface area contributed by atoms with Gasteiger partial charge < -0.3 is 5.32 Å². The lowest BCUT2D eigenvalue weighted by Gasteiger charge is -2.30. The molecule has 0 atom stereocenters. The van der Waals surface area contributed by atoms with Gasteiger partial charge in [0.15, 0.2) is 0 Å². The molecule has 1 aliphatic heterocycles. The minimum Gasteiger partial charge on any atom is -0.310 e. The molecule has 1 aromatic carbocycles. The van der Waals surface area contributed by atoms with Crippen LogP contribution in [0.15, 0.2) is 24.3 Å². The van der Waals surface area contributed by atoms with E-state index in [1.54, 1.807) is 6.07 Å². The third-order valence-corrected chi connectivity index (χ3v) is 4.71. The predicted octanol–water partition coefficient (Wildman–Crippen LogP) is 1.34. The number of hydrogen-bond donors (Lipinski definition) is 1. The normalized spacial score (nSPS) is 18.6. The zero-order valence-corrected chi connectivity index (χ0v) is 11.8. The molecule has 106 valence electrons.